The van der Waals surface area contributed by atoms with Crippen LogP contribution in [0.3, 0.4) is 0 Å². The maximum Gasteiger partial charge on any atom is 0.330 e. The van der Waals surface area contributed by atoms with Crippen LogP contribution in [0.4, 0.5) is 0 Å². The first-order chi connectivity index (χ1) is 51.5. The normalized spacial score (nSPS) is 31.7. The number of halogens is 1. The van der Waals surface area contributed by atoms with Gasteiger partial charge in [-0.15, -0.1) is 0 Å². The lowest BCUT2D eigenvalue weighted by Gasteiger charge is -2.44. The van der Waals surface area contributed by atoms with Gasteiger partial charge in [0.05, 0.1) is 48.5 Å². The quantitative estimate of drug-likeness (QED) is 0.0618. The van der Waals surface area contributed by atoms with Gasteiger partial charge in [0.1, 0.15) is 95.6 Å². The Morgan fingerprint density at radius 1 is 0.697 bits per heavy atom. The first-order valence-electron chi connectivity index (χ1n) is 34.8. The number of carboxylic acid groups (broad SMARTS) is 1. The van der Waals surface area contributed by atoms with E-state index in [-0.39, 0.29) is 46.9 Å². The Labute approximate surface area is 626 Å². The van der Waals surface area contributed by atoms with Gasteiger partial charge in [-0.25, -0.2) is 4.79 Å². The van der Waals surface area contributed by atoms with Gasteiger partial charge < -0.3 is 143 Å². The highest BCUT2D eigenvalue weighted by Crippen LogP contribution is 2.50. The monoisotopic (exact) mass is 1540 g/mol. The van der Waals surface area contributed by atoms with Crippen molar-refractivity contribution in [3.05, 3.63) is 118 Å². The molecule has 0 aliphatic carbocycles. The van der Waals surface area contributed by atoms with Gasteiger partial charge in [-0.3, -0.25) is 33.6 Å². The number of aliphatic hydroxyl groups is 7. The Bertz CT molecular complexity index is 4280. The Kier molecular flexibility index (Phi) is 24.3. The fourth-order valence-corrected chi connectivity index (χ4v) is 14.1. The third kappa shape index (κ3) is 17.4. The van der Waals surface area contributed by atoms with Gasteiger partial charge in [0.15, 0.2) is 36.2 Å². The van der Waals surface area contributed by atoms with E-state index < -0.39 is 262 Å². The Hall–Kier alpha value is -9.61. The smallest absolute Gasteiger partial charge is 0.330 e. The van der Waals surface area contributed by atoms with E-state index in [4.69, 9.17) is 61.0 Å². The second kappa shape index (κ2) is 32.9. The number of primary amides is 1. The van der Waals surface area contributed by atoms with E-state index in [2.05, 4.69) is 37.2 Å². The van der Waals surface area contributed by atoms with Crippen LogP contribution in [0.25, 0.3) is 11.1 Å². The van der Waals surface area contributed by atoms with Crippen LogP contribution in [0, 0.1) is 5.92 Å². The van der Waals surface area contributed by atoms with Gasteiger partial charge >= 0.3 is 5.97 Å². The van der Waals surface area contributed by atoms with Crippen molar-refractivity contribution in [1.82, 2.24) is 37.2 Å². The molecule has 0 radical (unpaired) electrons. The number of likely N-dealkylation sites (N-methyl/N-ethyl adjacent to an activating group) is 1. The first-order valence-corrected chi connectivity index (χ1v) is 35.2. The standard InChI is InChI=1S/C72H86ClN9O27/c1-26(2)15-38(76-6)64(94)81-54-57(90)29-7-11-34(12-8-29)104-44-18-32-19-45(61(44)109-71-62(59(92)58(91)46(25-83)106-71)107-48-23-42(87)56(89)27(3)102-48)105-43-14-10-31(17-37(43)73)60(108-49-24-72(5,75)63(93)28(4)103-49)55-69(99)80-53(70(100)101)36-20-33(84)21-41(86)50(36)35-16-30(9-13-40(35)85)51(66(96)82-55)79-67(97)52(32)78-65(95)39(22-47(74)88)77-68(54)98/h7-14,16-21,26-28,38-39,42,46,48-49,51-60,62-63,71,76,83-87,89-93H,15,22-25,75H2,1-6H3,(H2,74,88)(H,77,98)(H,78,95)(H,79,97)(H,80,99)(H,81,94)(H,82,96)(H,100,101)/t27-,28-,38+,39-,42+,46+,48+,49+,51-,52-,53?,54-,55-,56-,57+,58-,59+,60+,62+,63-,71-,72+/m1/s1. The number of rotatable bonds is 15. The fourth-order valence-electron chi connectivity index (χ4n) is 13.9. The molecule has 37 heteroatoms. The molecule has 11 bridgehead atoms. The maximum atomic E-state index is 16.3. The molecular weight excluding hydrogens is 1460 g/mol. The number of aliphatic carboxylic acids is 1. The number of ether oxygens (including phenoxy) is 8. The zero-order chi connectivity index (χ0) is 79.1. The third-order valence-corrected chi connectivity index (χ3v) is 19.9. The van der Waals surface area contributed by atoms with Crippen molar-refractivity contribution in [3.63, 3.8) is 0 Å². The summed E-state index contributed by atoms with van der Waals surface area (Å²) in [5.74, 6) is -15.6. The van der Waals surface area contributed by atoms with Gasteiger partial charge in [0.25, 0.3) is 0 Å². The number of fused-ring (bicyclic) bond motifs is 15. The van der Waals surface area contributed by atoms with Crippen LogP contribution < -0.4 is 62.9 Å². The Morgan fingerprint density at radius 2 is 1.35 bits per heavy atom. The lowest BCUT2D eigenvalue weighted by Crippen LogP contribution is -2.62. The number of carbonyl (C=O) groups excluding carboxylic acids is 7. The molecule has 0 saturated carbocycles. The molecule has 5 aromatic carbocycles. The molecule has 7 amide bonds. The average Bonchev–Trinajstić information content (AvgIpc) is 0.765. The number of phenolic OH excluding ortho intramolecular Hbond substituents is 3. The number of nitrogens with two attached hydrogens (primary N) is 2. The van der Waals surface area contributed by atoms with Crippen LogP contribution >= 0.6 is 11.6 Å². The Balaban J connectivity index is 1.18. The molecule has 0 aromatic heterocycles. The second-order valence-corrected chi connectivity index (χ2v) is 28.7. The van der Waals surface area contributed by atoms with Gasteiger partial charge in [0.2, 0.25) is 53.4 Å². The summed E-state index contributed by atoms with van der Waals surface area (Å²) < 4.78 is 51.2. The largest absolute Gasteiger partial charge is 0.508 e. The molecule has 36 nitrogen and oxygen atoms in total. The van der Waals surface area contributed by atoms with Gasteiger partial charge in [-0.2, -0.15) is 0 Å². The summed E-state index contributed by atoms with van der Waals surface area (Å²) >= 11 is 7.32. The Morgan fingerprint density at radius 3 is 1.99 bits per heavy atom. The van der Waals surface area contributed by atoms with Crippen molar-refractivity contribution in [3.8, 4) is 57.1 Å². The van der Waals surface area contributed by atoms with E-state index >= 15 is 19.2 Å². The van der Waals surface area contributed by atoms with Crippen LogP contribution in [0.1, 0.15) is 118 Å². The summed E-state index contributed by atoms with van der Waals surface area (Å²) in [6.07, 6.45) is -24.6. The lowest BCUT2D eigenvalue weighted by molar-refractivity contribution is -0.335. The molecule has 13 rings (SSSR count). The van der Waals surface area contributed by atoms with Crippen molar-refractivity contribution in [1.29, 1.82) is 0 Å². The predicted octanol–water partition coefficient (Wildman–Crippen LogP) is -0.666. The summed E-state index contributed by atoms with van der Waals surface area (Å²) in [5.41, 5.74) is 8.32. The van der Waals surface area contributed by atoms with Gasteiger partial charge in [0, 0.05) is 41.1 Å². The second-order valence-electron chi connectivity index (χ2n) is 28.3. The predicted molar refractivity (Wildman–Crippen MR) is 374 cm³/mol. The first kappa shape index (κ1) is 80.4. The topological polar surface area (TPSA) is 569 Å². The van der Waals surface area contributed by atoms with E-state index in [0.29, 0.717) is 0 Å². The number of phenols is 3. The highest BCUT2D eigenvalue weighted by Gasteiger charge is 2.51. The number of hydrogen-bond donors (Lipinski definition) is 20. The number of aromatic hydroxyl groups is 3. The molecule has 109 heavy (non-hydrogen) atoms. The fraction of sp³-hybridized carbons (Fsp3) is 0.472. The van der Waals surface area contributed by atoms with E-state index in [1.54, 1.807) is 0 Å². The number of benzene rings is 5. The number of nitrogens with one attached hydrogen (secondary N) is 7. The SMILES string of the molecule is CN[C@@H](CC(C)C)C(=O)N[C@H]1C(=O)N[C@H](CC(N)=O)C(=O)N[C@H]2C(=O)N[C@H]3C(=O)N[C@@H](C(=O)NC(C(=O)O)c4cc(O)cc(O)c4-c4cc3ccc4O)[C@@H](O[C@H]3C[C@](C)(N)[C@H](O)[C@@H](C)O3)c3ccc(c(Cl)c3)Oc3cc2cc(c3O[C@H]2O[C@@H](CO)[C@@H](O)[C@H](O)[C@@H]2O[C@H]2C[C@H](O)[C@H](O)[C@@H](C)O2)Oc2ccc(cc2)[C@@H]1O. The molecule has 0 spiro atoms. The number of carboxylic acids is 1. The number of aliphatic hydroxyl groups excluding tert-OH is 7. The highest BCUT2D eigenvalue weighted by molar-refractivity contribution is 6.32. The van der Waals surface area contributed by atoms with Crippen molar-refractivity contribution in [2.45, 2.75) is 194 Å². The van der Waals surface area contributed by atoms with Crippen molar-refractivity contribution >= 4 is 58.9 Å². The molecule has 3 fully saturated rings. The van der Waals surface area contributed by atoms with E-state index in [1.807, 2.05) is 13.8 Å². The van der Waals surface area contributed by atoms with Gasteiger partial charge in [-0.1, -0.05) is 49.7 Å². The lowest BCUT2D eigenvalue weighted by atomic mass is 9.86. The van der Waals surface area contributed by atoms with Crippen LogP contribution in [-0.2, 0) is 62.0 Å². The molecule has 22 N–H and O–H groups in total. The highest BCUT2D eigenvalue weighted by atomic mass is 35.5. The zero-order valence-corrected chi connectivity index (χ0v) is 60.1. The zero-order valence-electron chi connectivity index (χ0n) is 59.3. The summed E-state index contributed by atoms with van der Waals surface area (Å²) in [4.78, 5) is 119. The molecule has 22 atom stereocenters. The van der Waals surface area contributed by atoms with E-state index in [0.717, 1.165) is 42.5 Å². The molecule has 8 aliphatic rings. The average molecular weight is 1540 g/mol. The van der Waals surface area contributed by atoms with E-state index in [1.165, 1.54) is 70.3 Å². The molecule has 588 valence electrons. The maximum absolute atomic E-state index is 16.3. The van der Waals surface area contributed by atoms with Crippen molar-refractivity contribution < 1.29 is 132 Å². The molecule has 8 heterocycles. The molecule has 3 saturated heterocycles. The minimum Gasteiger partial charge on any atom is -0.508 e. The van der Waals surface area contributed by atoms with Crippen molar-refractivity contribution in [2.24, 2.45) is 17.4 Å². The molecule has 8 aliphatic heterocycles. The molecular formula is C72H86ClN9O27. The van der Waals surface area contributed by atoms with Gasteiger partial charge in [-0.05, 0) is 117 Å². The van der Waals surface area contributed by atoms with E-state index in [9.17, 15) is 75.3 Å². The van der Waals surface area contributed by atoms with Crippen LogP contribution in [0.5, 0.6) is 46.0 Å². The number of amides is 7. The van der Waals surface area contributed by atoms with Crippen LogP contribution in [-0.4, -0.2) is 221 Å². The van der Waals surface area contributed by atoms with Crippen molar-refractivity contribution in [2.75, 3.05) is 13.7 Å². The minimum atomic E-state index is -2.35. The minimum absolute atomic E-state index is 0.0636. The number of hydrogen-bond acceptors (Lipinski definition) is 28. The number of carbonyl (C=O) groups is 8. The van der Waals surface area contributed by atoms with Crippen LogP contribution in [0.15, 0.2) is 84.9 Å². The summed E-state index contributed by atoms with van der Waals surface area (Å²) in [5, 5.41) is 142. The summed E-state index contributed by atoms with van der Waals surface area (Å²) in [7, 11) is 1.48. The third-order valence-electron chi connectivity index (χ3n) is 19.7. The summed E-state index contributed by atoms with van der Waals surface area (Å²) in [6.45, 7) is 7.01. The molecule has 1 unspecified atom stereocenters. The summed E-state index contributed by atoms with van der Waals surface area (Å²) in [6, 6.07) is 1.32. The van der Waals surface area contributed by atoms with Crippen LogP contribution in [0.2, 0.25) is 5.02 Å². The molecule has 5 aromatic rings.